The monoisotopic (exact) mass is 292 g/mol. The second-order valence-electron chi connectivity index (χ2n) is 4.84. The fraction of sp³-hybridized carbons (Fsp3) is 0.286. The molecule has 0 bridgehead atoms. The molecule has 2 heterocycles. The predicted molar refractivity (Wildman–Crippen MR) is 80.1 cm³/mol. The highest BCUT2D eigenvalue weighted by Gasteiger charge is 2.14. The quantitative estimate of drug-likeness (QED) is 0.890. The molecule has 1 aromatic carbocycles. The first-order valence-electron chi connectivity index (χ1n) is 6.28. The lowest BCUT2D eigenvalue weighted by molar-refractivity contribution is 0.102. The van der Waals surface area contributed by atoms with Gasteiger partial charge in [-0.05, 0) is 30.2 Å². The van der Waals surface area contributed by atoms with Crippen LogP contribution in [0.25, 0.3) is 0 Å². The van der Waals surface area contributed by atoms with Gasteiger partial charge in [0.1, 0.15) is 0 Å². The number of benzene rings is 1. The average molecular weight is 293 g/mol. The molecule has 106 valence electrons. The summed E-state index contributed by atoms with van der Waals surface area (Å²) in [5.41, 5.74) is 4.15. The number of anilines is 1. The molecular weight excluding hydrogens is 276 g/mol. The van der Waals surface area contributed by atoms with Crippen molar-refractivity contribution < 1.29 is 4.79 Å². The van der Waals surface area contributed by atoms with Gasteiger partial charge in [0, 0.05) is 37.5 Å². The van der Waals surface area contributed by atoms with Gasteiger partial charge in [-0.25, -0.2) is 0 Å². The molecule has 6 heteroatoms. The highest BCUT2D eigenvalue weighted by atomic mass is 35.5. The first-order valence-corrected chi connectivity index (χ1v) is 6.28. The number of nitrogens with zero attached hydrogens (tertiary/aromatic N) is 2. The maximum absolute atomic E-state index is 12.2. The zero-order chi connectivity index (χ0) is 13.4. The van der Waals surface area contributed by atoms with Crippen LogP contribution in [0.3, 0.4) is 0 Å². The lowest BCUT2D eigenvalue weighted by atomic mass is 10.1. The molecule has 1 aromatic heterocycles. The largest absolute Gasteiger partial charge is 0.309 e. The van der Waals surface area contributed by atoms with E-state index in [9.17, 15) is 4.79 Å². The Bertz CT molecular complexity index is 631. The molecule has 0 spiro atoms. The molecule has 2 N–H and O–H groups in total. The van der Waals surface area contributed by atoms with Gasteiger partial charge in [0.25, 0.3) is 5.91 Å². The number of nitrogens with one attached hydrogen (secondary N) is 2. The van der Waals surface area contributed by atoms with Crippen molar-refractivity contribution in [2.24, 2.45) is 7.05 Å². The van der Waals surface area contributed by atoms with Crippen molar-refractivity contribution in [1.29, 1.82) is 0 Å². The van der Waals surface area contributed by atoms with Crippen molar-refractivity contribution >= 4 is 24.1 Å². The van der Waals surface area contributed by atoms with Crippen LogP contribution in [0.2, 0.25) is 0 Å². The second kappa shape index (κ2) is 5.64. The van der Waals surface area contributed by atoms with Crippen molar-refractivity contribution in [1.82, 2.24) is 15.1 Å². The Labute approximate surface area is 123 Å². The first-order chi connectivity index (χ1) is 9.13. The number of carbonyl (C=O) groups is 1. The number of rotatable bonds is 2. The van der Waals surface area contributed by atoms with Crippen molar-refractivity contribution in [3.05, 3.63) is 46.6 Å². The van der Waals surface area contributed by atoms with Gasteiger partial charge in [-0.1, -0.05) is 6.07 Å². The van der Waals surface area contributed by atoms with Crippen LogP contribution in [0.4, 0.5) is 5.82 Å². The molecule has 0 radical (unpaired) electrons. The van der Waals surface area contributed by atoms with E-state index in [1.807, 2.05) is 38.2 Å². The Morgan fingerprint density at radius 3 is 2.75 bits per heavy atom. The maximum atomic E-state index is 12.2. The molecule has 5 nitrogen and oxygen atoms in total. The molecule has 1 amide bonds. The molecule has 1 aliphatic heterocycles. The second-order valence-corrected chi connectivity index (χ2v) is 4.84. The van der Waals surface area contributed by atoms with Crippen LogP contribution in [0.15, 0.2) is 24.3 Å². The number of hydrogen-bond acceptors (Lipinski definition) is 3. The number of fused-ring (bicyclic) bond motifs is 1. The summed E-state index contributed by atoms with van der Waals surface area (Å²) < 4.78 is 1.74. The Balaban J connectivity index is 0.00000147. The van der Waals surface area contributed by atoms with Gasteiger partial charge in [-0.2, -0.15) is 5.10 Å². The molecule has 3 rings (SSSR count). The predicted octanol–water partition coefficient (Wildman–Crippen LogP) is 2.01. The minimum Gasteiger partial charge on any atom is -0.309 e. The third kappa shape index (κ3) is 2.69. The van der Waals surface area contributed by atoms with Crippen LogP contribution in [0, 0.1) is 6.92 Å². The molecule has 0 fully saturated rings. The van der Waals surface area contributed by atoms with E-state index >= 15 is 0 Å². The summed E-state index contributed by atoms with van der Waals surface area (Å²) in [4.78, 5) is 12.2. The summed E-state index contributed by atoms with van der Waals surface area (Å²) in [5, 5.41) is 10.3. The summed E-state index contributed by atoms with van der Waals surface area (Å²) in [6, 6.07) is 7.66. The van der Waals surface area contributed by atoms with E-state index in [0.29, 0.717) is 11.4 Å². The van der Waals surface area contributed by atoms with E-state index in [-0.39, 0.29) is 18.3 Å². The lowest BCUT2D eigenvalue weighted by Gasteiger charge is -2.04. The smallest absolute Gasteiger partial charge is 0.256 e. The van der Waals surface area contributed by atoms with Crippen LogP contribution in [-0.4, -0.2) is 15.7 Å². The maximum Gasteiger partial charge on any atom is 0.256 e. The minimum atomic E-state index is -0.118. The summed E-state index contributed by atoms with van der Waals surface area (Å²) in [6.07, 6.45) is 0. The molecule has 0 unspecified atom stereocenters. The van der Waals surface area contributed by atoms with E-state index in [1.54, 1.807) is 4.68 Å². The first kappa shape index (κ1) is 14.6. The Morgan fingerprint density at radius 2 is 2.05 bits per heavy atom. The number of aryl methyl sites for hydroxylation is 2. The molecule has 0 aliphatic carbocycles. The number of carbonyl (C=O) groups excluding carboxylic acids is 1. The zero-order valence-electron chi connectivity index (χ0n) is 11.4. The molecule has 20 heavy (non-hydrogen) atoms. The van der Waals surface area contributed by atoms with Crippen molar-refractivity contribution in [3.63, 3.8) is 0 Å². The number of hydrogen-bond donors (Lipinski definition) is 2. The molecule has 0 saturated carbocycles. The molecule has 1 aliphatic rings. The van der Waals surface area contributed by atoms with E-state index in [4.69, 9.17) is 0 Å². The third-order valence-corrected chi connectivity index (χ3v) is 3.45. The van der Waals surface area contributed by atoms with Crippen LogP contribution < -0.4 is 10.6 Å². The number of aromatic nitrogens is 2. The Morgan fingerprint density at radius 1 is 1.30 bits per heavy atom. The number of halogens is 1. The van der Waals surface area contributed by atoms with Crippen molar-refractivity contribution in [3.8, 4) is 0 Å². The Kier molecular flexibility index (Phi) is 4.11. The molecule has 0 atom stereocenters. The Hall–Kier alpha value is -1.85. The SMILES string of the molecule is Cc1cc(NC(=O)c2ccc3c(c2)CNC3)nn1C.Cl. The molecule has 0 saturated heterocycles. The molecule has 2 aromatic rings. The standard InChI is InChI=1S/C14H16N4O.ClH/c1-9-5-13(17-18(9)2)16-14(19)10-3-4-11-7-15-8-12(11)6-10;/h3-6,15H,7-8H2,1-2H3,(H,16,17,19);1H. The van der Waals surface area contributed by atoms with Crippen LogP contribution >= 0.6 is 12.4 Å². The van der Waals surface area contributed by atoms with Gasteiger partial charge in [-0.15, -0.1) is 12.4 Å². The summed E-state index contributed by atoms with van der Waals surface area (Å²) >= 11 is 0. The van der Waals surface area contributed by atoms with Crippen molar-refractivity contribution in [2.75, 3.05) is 5.32 Å². The van der Waals surface area contributed by atoms with E-state index < -0.39 is 0 Å². The van der Waals surface area contributed by atoms with Gasteiger partial charge in [-0.3, -0.25) is 9.48 Å². The van der Waals surface area contributed by atoms with Crippen molar-refractivity contribution in [2.45, 2.75) is 20.0 Å². The topological polar surface area (TPSA) is 59.0 Å². The normalized spacial score (nSPS) is 12.7. The average Bonchev–Trinajstić information content (AvgIpc) is 2.96. The summed E-state index contributed by atoms with van der Waals surface area (Å²) in [7, 11) is 1.85. The van der Waals surface area contributed by atoms with Gasteiger partial charge >= 0.3 is 0 Å². The van der Waals surface area contributed by atoms with Crippen LogP contribution in [-0.2, 0) is 20.1 Å². The molecular formula is C14H17ClN4O. The van der Waals surface area contributed by atoms with Crippen LogP contribution in [0.5, 0.6) is 0 Å². The van der Waals surface area contributed by atoms with E-state index in [0.717, 1.165) is 18.8 Å². The number of amides is 1. The van der Waals surface area contributed by atoms with E-state index in [2.05, 4.69) is 15.7 Å². The fourth-order valence-corrected chi connectivity index (χ4v) is 2.25. The van der Waals surface area contributed by atoms with Gasteiger partial charge in [0.05, 0.1) is 0 Å². The minimum absolute atomic E-state index is 0. The highest BCUT2D eigenvalue weighted by Crippen LogP contribution is 2.18. The van der Waals surface area contributed by atoms with Gasteiger partial charge < -0.3 is 10.6 Å². The lowest BCUT2D eigenvalue weighted by Crippen LogP contribution is -2.13. The van der Waals surface area contributed by atoms with E-state index in [1.165, 1.54) is 11.1 Å². The third-order valence-electron chi connectivity index (χ3n) is 3.45. The fourth-order valence-electron chi connectivity index (χ4n) is 2.25. The highest BCUT2D eigenvalue weighted by molar-refractivity contribution is 6.03. The zero-order valence-corrected chi connectivity index (χ0v) is 12.3. The van der Waals surface area contributed by atoms with Crippen LogP contribution in [0.1, 0.15) is 27.2 Å². The summed E-state index contributed by atoms with van der Waals surface area (Å²) in [5.74, 6) is 0.469. The summed E-state index contributed by atoms with van der Waals surface area (Å²) in [6.45, 7) is 3.67. The van der Waals surface area contributed by atoms with Gasteiger partial charge in [0.2, 0.25) is 0 Å². The van der Waals surface area contributed by atoms with Gasteiger partial charge in [0.15, 0.2) is 5.82 Å².